The van der Waals surface area contributed by atoms with Crippen LogP contribution in [0.3, 0.4) is 0 Å². The Balaban J connectivity index is 0.00000112. The molecule has 1 saturated heterocycles. The summed E-state index contributed by atoms with van der Waals surface area (Å²) in [5.74, 6) is 1.67. The normalized spacial score (nSPS) is 38.0. The number of hydrogen-bond acceptors (Lipinski definition) is 1. The average molecular weight is 321 g/mol. The van der Waals surface area contributed by atoms with Crippen LogP contribution in [0.1, 0.15) is 13.8 Å². The Morgan fingerprint density at radius 3 is 2.47 bits per heavy atom. The third kappa shape index (κ3) is 2.28. The Labute approximate surface area is 109 Å². The zero-order valence-corrected chi connectivity index (χ0v) is 12.1. The molecule has 0 bridgehead atoms. The third-order valence-electron chi connectivity index (χ3n) is 3.82. The van der Waals surface area contributed by atoms with Crippen molar-refractivity contribution < 1.29 is 33.3 Å². The minimum atomic E-state index is 0. The van der Waals surface area contributed by atoms with Crippen LogP contribution in [-0.4, -0.2) is 37.5 Å². The smallest absolute Gasteiger partial charge is 0.159 e. The molecule has 0 saturated carbocycles. The van der Waals surface area contributed by atoms with Gasteiger partial charge < -0.3 is 28.5 Å². The molecule has 0 N–H and O–H groups in total. The van der Waals surface area contributed by atoms with Crippen LogP contribution in [0.15, 0.2) is 11.6 Å². The maximum atomic E-state index is 11.6. The molecule has 0 unspecified atom stereocenters. The second-order valence-electron chi connectivity index (χ2n) is 5.64. The Bertz CT molecular complexity index is 309. The highest BCUT2D eigenvalue weighted by Crippen LogP contribution is 2.39. The van der Waals surface area contributed by atoms with E-state index in [2.05, 4.69) is 27.9 Å². The van der Waals surface area contributed by atoms with Crippen LogP contribution in [0.4, 0.5) is 0 Å². The molecule has 0 amide bonds. The fourth-order valence-electron chi connectivity index (χ4n) is 3.11. The van der Waals surface area contributed by atoms with Crippen molar-refractivity contribution in [1.82, 2.24) is 0 Å². The highest BCUT2D eigenvalue weighted by molar-refractivity contribution is 5.95. The number of carbonyl (C=O) groups is 1. The number of halogens is 1. The molecule has 1 aliphatic heterocycles. The zero-order valence-electron chi connectivity index (χ0n) is 9.96. The number of hydrogen-bond donors (Lipinski definition) is 0. The van der Waals surface area contributed by atoms with Gasteiger partial charge in [-0.2, -0.15) is 0 Å². The van der Waals surface area contributed by atoms with Crippen LogP contribution >= 0.6 is 0 Å². The predicted molar refractivity (Wildman–Crippen MR) is 56.8 cm³/mol. The van der Waals surface area contributed by atoms with Gasteiger partial charge in [0, 0.05) is 17.8 Å². The topological polar surface area (TPSA) is 17.1 Å². The van der Waals surface area contributed by atoms with E-state index in [-0.39, 0.29) is 29.9 Å². The minimum Gasteiger partial charge on any atom is -1.00 e. The van der Waals surface area contributed by atoms with Crippen molar-refractivity contribution in [3.05, 3.63) is 11.6 Å². The summed E-state index contributed by atoms with van der Waals surface area (Å²) < 4.78 is 1.06. The first-order chi connectivity index (χ1) is 6.41. The predicted octanol–water partition coefficient (Wildman–Crippen LogP) is -1.52. The highest BCUT2D eigenvalue weighted by Gasteiger charge is 2.44. The van der Waals surface area contributed by atoms with Gasteiger partial charge in [0.05, 0.1) is 27.2 Å². The van der Waals surface area contributed by atoms with Gasteiger partial charge >= 0.3 is 0 Å². The van der Waals surface area contributed by atoms with Crippen LogP contribution in [-0.2, 0) is 4.79 Å². The van der Waals surface area contributed by atoms with Gasteiger partial charge in [-0.15, -0.1) is 0 Å². The van der Waals surface area contributed by atoms with Gasteiger partial charge in [0.15, 0.2) is 5.78 Å². The van der Waals surface area contributed by atoms with Crippen molar-refractivity contribution in [2.75, 3.05) is 27.2 Å². The van der Waals surface area contributed by atoms with Gasteiger partial charge in [-0.25, -0.2) is 0 Å². The molecule has 0 aromatic rings. The van der Waals surface area contributed by atoms with Crippen molar-refractivity contribution in [1.29, 1.82) is 0 Å². The first kappa shape index (κ1) is 13.2. The van der Waals surface area contributed by atoms with Crippen LogP contribution in [0.5, 0.6) is 0 Å². The number of ketones is 1. The largest absolute Gasteiger partial charge is 1.00 e. The Kier molecular flexibility index (Phi) is 3.66. The van der Waals surface area contributed by atoms with Gasteiger partial charge in [0.2, 0.25) is 0 Å². The number of nitrogens with zero attached hydrogens (tertiary/aromatic N) is 1. The van der Waals surface area contributed by atoms with E-state index < -0.39 is 0 Å². The van der Waals surface area contributed by atoms with E-state index >= 15 is 0 Å². The number of quaternary nitrogens is 1. The summed E-state index contributed by atoms with van der Waals surface area (Å²) in [7, 11) is 4.53. The SMILES string of the molecule is C[C@@H]1C(=O)C=C2[C@H]1C[N+](C)(C)C[C@@H]2C.[I-]. The number of allylic oxidation sites excluding steroid dienone is 1. The van der Waals surface area contributed by atoms with Crippen molar-refractivity contribution in [3.8, 4) is 0 Å². The molecule has 2 rings (SSSR count). The third-order valence-corrected chi connectivity index (χ3v) is 3.82. The summed E-state index contributed by atoms with van der Waals surface area (Å²) in [6.07, 6.45) is 1.92. The van der Waals surface area contributed by atoms with E-state index in [9.17, 15) is 4.79 Å². The molecule has 15 heavy (non-hydrogen) atoms. The second-order valence-corrected chi connectivity index (χ2v) is 5.64. The van der Waals surface area contributed by atoms with Crippen molar-refractivity contribution in [2.45, 2.75) is 13.8 Å². The van der Waals surface area contributed by atoms with Crippen molar-refractivity contribution in [3.63, 3.8) is 0 Å². The molecule has 2 nitrogen and oxygen atoms in total. The van der Waals surface area contributed by atoms with Crippen LogP contribution in [0.25, 0.3) is 0 Å². The summed E-state index contributed by atoms with van der Waals surface area (Å²) >= 11 is 0. The molecule has 3 heteroatoms. The van der Waals surface area contributed by atoms with Crippen LogP contribution in [0.2, 0.25) is 0 Å². The van der Waals surface area contributed by atoms with Gasteiger partial charge in [-0.1, -0.05) is 13.8 Å². The van der Waals surface area contributed by atoms with Gasteiger partial charge in [-0.05, 0) is 11.6 Å². The lowest BCUT2D eigenvalue weighted by atomic mass is 9.81. The molecule has 3 atom stereocenters. The first-order valence-electron chi connectivity index (χ1n) is 5.48. The Morgan fingerprint density at radius 2 is 1.87 bits per heavy atom. The molecular formula is C12H20INO. The lowest BCUT2D eigenvalue weighted by Crippen LogP contribution is -3.00. The second kappa shape index (κ2) is 4.17. The number of fused-ring (bicyclic) bond motifs is 1. The van der Waals surface area contributed by atoms with E-state index in [0.29, 0.717) is 17.6 Å². The average Bonchev–Trinajstić information content (AvgIpc) is 2.30. The first-order valence-corrected chi connectivity index (χ1v) is 5.48. The van der Waals surface area contributed by atoms with E-state index in [1.807, 2.05) is 6.08 Å². The molecule has 0 aromatic heterocycles. The lowest BCUT2D eigenvalue weighted by Gasteiger charge is -2.42. The Morgan fingerprint density at radius 1 is 1.27 bits per heavy atom. The van der Waals surface area contributed by atoms with E-state index in [1.165, 1.54) is 12.1 Å². The highest BCUT2D eigenvalue weighted by atomic mass is 127. The summed E-state index contributed by atoms with van der Waals surface area (Å²) in [6, 6.07) is 0. The number of piperidine rings is 1. The van der Waals surface area contributed by atoms with E-state index in [1.54, 1.807) is 0 Å². The molecule has 1 fully saturated rings. The summed E-state index contributed by atoms with van der Waals surface area (Å²) in [5.41, 5.74) is 1.42. The van der Waals surface area contributed by atoms with Gasteiger partial charge in [0.1, 0.15) is 0 Å². The maximum absolute atomic E-state index is 11.6. The van der Waals surface area contributed by atoms with Crippen molar-refractivity contribution >= 4 is 5.78 Å². The van der Waals surface area contributed by atoms with E-state index in [0.717, 1.165) is 11.0 Å². The molecule has 0 radical (unpaired) electrons. The Hall–Kier alpha value is 0.1000. The monoisotopic (exact) mass is 321 g/mol. The van der Waals surface area contributed by atoms with Crippen molar-refractivity contribution in [2.24, 2.45) is 17.8 Å². The molecular weight excluding hydrogens is 301 g/mol. The maximum Gasteiger partial charge on any atom is 0.159 e. The number of rotatable bonds is 0. The zero-order chi connectivity index (χ0) is 10.5. The lowest BCUT2D eigenvalue weighted by molar-refractivity contribution is -0.899. The quantitative estimate of drug-likeness (QED) is 0.391. The standard InChI is InChI=1S/C12H20NO.HI/c1-8-6-13(3,4)7-11-9(2)12(14)5-10(8)11;/h5,8-9,11H,6-7H2,1-4H3;1H/q+1;/p-1/t8-,9-,11-;/m0./s1. The van der Waals surface area contributed by atoms with Crippen LogP contribution in [0, 0.1) is 17.8 Å². The van der Waals surface area contributed by atoms with Gasteiger partial charge in [0.25, 0.3) is 0 Å². The molecule has 86 valence electrons. The van der Waals surface area contributed by atoms with E-state index in [4.69, 9.17) is 0 Å². The molecule has 1 heterocycles. The molecule has 0 spiro atoms. The minimum absolute atomic E-state index is 0. The summed E-state index contributed by atoms with van der Waals surface area (Å²) in [6.45, 7) is 6.63. The molecule has 0 aromatic carbocycles. The van der Waals surface area contributed by atoms with Gasteiger partial charge in [-0.3, -0.25) is 4.79 Å². The molecule has 1 aliphatic carbocycles. The number of carbonyl (C=O) groups excluding carboxylic acids is 1. The summed E-state index contributed by atoms with van der Waals surface area (Å²) in [5, 5.41) is 0. The van der Waals surface area contributed by atoms with Crippen LogP contribution < -0.4 is 24.0 Å². The fraction of sp³-hybridized carbons (Fsp3) is 0.750. The fourth-order valence-corrected chi connectivity index (χ4v) is 3.11. The number of likely N-dealkylation sites (tertiary alicyclic amines) is 1. The molecule has 2 aliphatic rings. The summed E-state index contributed by atoms with van der Waals surface area (Å²) in [4.78, 5) is 11.6.